The van der Waals surface area contributed by atoms with Crippen LogP contribution in [0.1, 0.15) is 18.9 Å². The van der Waals surface area contributed by atoms with Crippen LogP contribution >= 0.6 is 35.3 Å². The fourth-order valence-corrected chi connectivity index (χ4v) is 5.53. The topological polar surface area (TPSA) is 70.6 Å². The highest BCUT2D eigenvalue weighted by Gasteiger charge is 2.26. The summed E-state index contributed by atoms with van der Waals surface area (Å²) in [7, 11) is 0.124. The molecule has 1 aromatic heterocycles. The van der Waals surface area contributed by atoms with Crippen molar-refractivity contribution in [3.63, 3.8) is 0 Å². The molecular weight excluding hydrogens is 489 g/mol. The maximum Gasteiger partial charge on any atom is 0.244 e. The number of hydrogen-bond donors (Lipinski definition) is 0. The zero-order chi connectivity index (χ0) is 22.6. The molecule has 0 fully saturated rings. The van der Waals surface area contributed by atoms with Crippen molar-refractivity contribution in [3.8, 4) is 0 Å². The molecule has 6 nitrogen and oxygen atoms in total. The van der Waals surface area contributed by atoms with Crippen LogP contribution in [0.4, 0.5) is 5.13 Å². The van der Waals surface area contributed by atoms with Crippen molar-refractivity contribution >= 4 is 66.4 Å². The SMILES string of the molecule is CCc1ccc2nc(N(CCCN(C)C)C(=O)CS(=O)(=O)c3ccc(Cl)cc3)sc2c1.Cl. The van der Waals surface area contributed by atoms with Gasteiger partial charge in [-0.25, -0.2) is 13.4 Å². The minimum Gasteiger partial charge on any atom is -0.309 e. The molecule has 0 unspecified atom stereocenters. The fourth-order valence-electron chi connectivity index (χ4n) is 3.13. The summed E-state index contributed by atoms with van der Waals surface area (Å²) in [5.41, 5.74) is 2.00. The van der Waals surface area contributed by atoms with Gasteiger partial charge in [0.2, 0.25) is 5.91 Å². The van der Waals surface area contributed by atoms with E-state index in [0.717, 1.165) is 23.2 Å². The van der Waals surface area contributed by atoms with Crippen LogP contribution in [-0.2, 0) is 21.1 Å². The molecule has 0 N–H and O–H groups in total. The number of hydrogen-bond acceptors (Lipinski definition) is 6. The maximum absolute atomic E-state index is 13.1. The lowest BCUT2D eigenvalue weighted by atomic mass is 10.2. The number of nitrogens with zero attached hydrogens (tertiary/aromatic N) is 3. The average molecular weight is 517 g/mol. The molecule has 32 heavy (non-hydrogen) atoms. The number of aromatic nitrogens is 1. The van der Waals surface area contributed by atoms with Crippen LogP contribution in [0.2, 0.25) is 5.02 Å². The number of anilines is 1. The molecule has 1 heterocycles. The number of thiazole rings is 1. The third kappa shape index (κ3) is 6.65. The van der Waals surface area contributed by atoms with E-state index in [1.807, 2.05) is 31.1 Å². The number of carbonyl (C=O) groups excluding carboxylic acids is 1. The minimum absolute atomic E-state index is 0. The first-order valence-corrected chi connectivity index (χ1v) is 12.9. The lowest BCUT2D eigenvalue weighted by molar-refractivity contribution is -0.116. The Hall–Kier alpha value is -1.71. The lowest BCUT2D eigenvalue weighted by Gasteiger charge is -2.21. The highest BCUT2D eigenvalue weighted by Crippen LogP contribution is 2.30. The molecule has 3 aromatic rings. The summed E-state index contributed by atoms with van der Waals surface area (Å²) in [6.07, 6.45) is 1.61. The van der Waals surface area contributed by atoms with Crippen LogP contribution in [0.5, 0.6) is 0 Å². The van der Waals surface area contributed by atoms with Gasteiger partial charge in [-0.05, 0) is 75.4 Å². The van der Waals surface area contributed by atoms with Crippen molar-refractivity contribution in [1.82, 2.24) is 9.88 Å². The number of carbonyl (C=O) groups is 1. The van der Waals surface area contributed by atoms with Gasteiger partial charge in [0.1, 0.15) is 5.75 Å². The van der Waals surface area contributed by atoms with Crippen molar-refractivity contribution in [1.29, 1.82) is 0 Å². The molecule has 174 valence electrons. The van der Waals surface area contributed by atoms with Gasteiger partial charge in [0.05, 0.1) is 15.1 Å². The van der Waals surface area contributed by atoms with Gasteiger partial charge in [-0.1, -0.05) is 35.9 Å². The number of amides is 1. The van der Waals surface area contributed by atoms with Crippen LogP contribution in [0.25, 0.3) is 10.2 Å². The number of sulfone groups is 1. The smallest absolute Gasteiger partial charge is 0.244 e. The molecule has 0 saturated carbocycles. The van der Waals surface area contributed by atoms with Crippen molar-refractivity contribution in [3.05, 3.63) is 53.1 Å². The average Bonchev–Trinajstić information content (AvgIpc) is 3.13. The summed E-state index contributed by atoms with van der Waals surface area (Å²) in [5, 5.41) is 0.967. The van der Waals surface area contributed by atoms with E-state index in [9.17, 15) is 13.2 Å². The van der Waals surface area contributed by atoms with E-state index >= 15 is 0 Å². The van der Waals surface area contributed by atoms with E-state index in [1.165, 1.54) is 46.1 Å². The summed E-state index contributed by atoms with van der Waals surface area (Å²) in [4.78, 5) is 21.4. The standard InChI is InChI=1S/C22H26ClN3O3S2.ClH/c1-4-16-6-11-19-20(14-16)30-22(24-19)26(13-5-12-25(2)3)21(27)15-31(28,29)18-9-7-17(23)8-10-18;/h6-11,14H,4-5,12-13,15H2,1-3H3;1H. The third-order valence-electron chi connectivity index (χ3n) is 4.86. The van der Waals surface area contributed by atoms with Gasteiger partial charge in [-0.2, -0.15) is 0 Å². The van der Waals surface area contributed by atoms with Gasteiger partial charge in [0.15, 0.2) is 15.0 Å². The number of aryl methyl sites for hydroxylation is 1. The van der Waals surface area contributed by atoms with Gasteiger partial charge in [0.25, 0.3) is 0 Å². The molecule has 10 heteroatoms. The molecule has 2 aromatic carbocycles. The molecule has 0 aliphatic heterocycles. The molecule has 0 aliphatic carbocycles. The third-order valence-corrected chi connectivity index (χ3v) is 7.77. The van der Waals surface area contributed by atoms with Crippen LogP contribution in [-0.4, -0.2) is 57.1 Å². The van der Waals surface area contributed by atoms with Crippen molar-refractivity contribution in [2.75, 3.05) is 37.8 Å². The van der Waals surface area contributed by atoms with Crippen LogP contribution < -0.4 is 4.90 Å². The predicted molar refractivity (Wildman–Crippen MR) is 135 cm³/mol. The Balaban J connectivity index is 0.00000363. The van der Waals surface area contributed by atoms with Gasteiger partial charge in [-0.15, -0.1) is 12.4 Å². The Kier molecular flexibility index (Phi) is 9.48. The van der Waals surface area contributed by atoms with E-state index in [0.29, 0.717) is 23.1 Å². The van der Waals surface area contributed by atoms with E-state index in [4.69, 9.17) is 11.6 Å². The molecule has 1 amide bonds. The van der Waals surface area contributed by atoms with E-state index < -0.39 is 21.5 Å². The lowest BCUT2D eigenvalue weighted by Crippen LogP contribution is -2.37. The van der Waals surface area contributed by atoms with Gasteiger partial charge in [0, 0.05) is 11.6 Å². The van der Waals surface area contributed by atoms with Crippen LogP contribution in [0, 0.1) is 0 Å². The normalized spacial score (nSPS) is 11.5. The first-order chi connectivity index (χ1) is 14.7. The predicted octanol–water partition coefficient (Wildman–Crippen LogP) is 4.69. The van der Waals surface area contributed by atoms with Gasteiger partial charge >= 0.3 is 0 Å². The molecule has 0 radical (unpaired) electrons. The Morgan fingerprint density at radius 3 is 2.41 bits per heavy atom. The molecule has 0 saturated heterocycles. The molecule has 0 spiro atoms. The Bertz CT molecular complexity index is 1160. The van der Waals surface area contributed by atoms with Crippen molar-refractivity contribution in [2.45, 2.75) is 24.7 Å². The molecule has 0 aliphatic rings. The second kappa shape index (κ2) is 11.4. The van der Waals surface area contributed by atoms with Gasteiger partial charge in [-0.3, -0.25) is 9.69 Å². The summed E-state index contributed by atoms with van der Waals surface area (Å²) in [6.45, 7) is 3.26. The Morgan fingerprint density at radius 2 is 1.78 bits per heavy atom. The van der Waals surface area contributed by atoms with Crippen LogP contribution in [0.3, 0.4) is 0 Å². The number of rotatable bonds is 9. The molecule has 0 bridgehead atoms. The number of fused-ring (bicyclic) bond motifs is 1. The largest absolute Gasteiger partial charge is 0.309 e. The molecular formula is C22H27Cl2N3O3S2. The fraction of sp³-hybridized carbons (Fsp3) is 0.364. The first-order valence-electron chi connectivity index (χ1n) is 10.0. The summed E-state index contributed by atoms with van der Waals surface area (Å²) < 4.78 is 26.6. The highest BCUT2D eigenvalue weighted by atomic mass is 35.5. The second-order valence-corrected chi connectivity index (χ2v) is 11.0. The summed E-state index contributed by atoms with van der Waals surface area (Å²) >= 11 is 7.27. The quantitative estimate of drug-likeness (QED) is 0.413. The van der Waals surface area contributed by atoms with E-state index in [-0.39, 0.29) is 17.3 Å². The van der Waals surface area contributed by atoms with E-state index in [1.54, 1.807) is 0 Å². The number of halogens is 2. The summed E-state index contributed by atoms with van der Waals surface area (Å²) in [5.74, 6) is -1.10. The first kappa shape index (κ1) is 26.5. The van der Waals surface area contributed by atoms with Crippen molar-refractivity contribution in [2.24, 2.45) is 0 Å². The van der Waals surface area contributed by atoms with E-state index in [2.05, 4.69) is 18.0 Å². The number of benzene rings is 2. The monoisotopic (exact) mass is 515 g/mol. The second-order valence-electron chi connectivity index (χ2n) is 7.57. The highest BCUT2D eigenvalue weighted by molar-refractivity contribution is 7.92. The molecule has 0 atom stereocenters. The zero-order valence-corrected chi connectivity index (χ0v) is 21.5. The maximum atomic E-state index is 13.1. The Labute approximate surface area is 204 Å². The summed E-state index contributed by atoms with van der Waals surface area (Å²) in [6, 6.07) is 11.9. The minimum atomic E-state index is -3.79. The Morgan fingerprint density at radius 1 is 1.09 bits per heavy atom. The zero-order valence-electron chi connectivity index (χ0n) is 18.2. The van der Waals surface area contributed by atoms with Gasteiger partial charge < -0.3 is 4.90 Å². The molecule has 3 rings (SSSR count). The van der Waals surface area contributed by atoms with Crippen molar-refractivity contribution < 1.29 is 13.2 Å². The van der Waals surface area contributed by atoms with Crippen LogP contribution in [0.15, 0.2) is 47.4 Å².